The third-order valence-electron chi connectivity index (χ3n) is 4.76. The fourth-order valence-electron chi connectivity index (χ4n) is 3.17. The molecule has 0 spiro atoms. The average molecular weight is 388 g/mol. The highest BCUT2D eigenvalue weighted by molar-refractivity contribution is 6.31. The molecule has 1 heterocycles. The lowest BCUT2D eigenvalue weighted by atomic mass is 9.87. The predicted molar refractivity (Wildman–Crippen MR) is 117 cm³/mol. The number of aromatic nitrogens is 1. The maximum absolute atomic E-state index is 6.23. The first-order chi connectivity index (χ1) is 13.4. The molecular weight excluding hydrogens is 366 g/mol. The average Bonchev–Trinajstić information content (AvgIpc) is 2.68. The van der Waals surface area contributed by atoms with Crippen molar-refractivity contribution in [1.82, 2.24) is 4.98 Å². The maximum Gasteiger partial charge on any atom is 0.227 e. The number of hydrogen-bond donors (Lipinski definition) is 0. The van der Waals surface area contributed by atoms with Crippen LogP contribution < -0.4 is 4.74 Å². The van der Waals surface area contributed by atoms with Crippen molar-refractivity contribution in [2.45, 2.75) is 26.2 Å². The van der Waals surface area contributed by atoms with Crippen molar-refractivity contribution in [1.29, 1.82) is 0 Å². The minimum absolute atomic E-state index is 0.105. The third-order valence-corrected chi connectivity index (χ3v) is 5.00. The zero-order valence-corrected chi connectivity index (χ0v) is 17.0. The lowest BCUT2D eigenvalue weighted by Gasteiger charge is -2.19. The summed E-state index contributed by atoms with van der Waals surface area (Å²) >= 11 is 6.23. The van der Waals surface area contributed by atoms with E-state index < -0.39 is 0 Å². The number of rotatable bonds is 3. The molecule has 0 saturated heterocycles. The van der Waals surface area contributed by atoms with Gasteiger partial charge in [0.25, 0.3) is 0 Å². The van der Waals surface area contributed by atoms with Crippen LogP contribution in [-0.4, -0.2) is 4.98 Å². The molecule has 0 radical (unpaired) electrons. The van der Waals surface area contributed by atoms with E-state index in [1.165, 1.54) is 5.56 Å². The van der Waals surface area contributed by atoms with E-state index >= 15 is 0 Å². The van der Waals surface area contributed by atoms with E-state index in [0.717, 1.165) is 27.8 Å². The van der Waals surface area contributed by atoms with Crippen molar-refractivity contribution >= 4 is 22.4 Å². The van der Waals surface area contributed by atoms with Gasteiger partial charge in [0.2, 0.25) is 5.88 Å². The van der Waals surface area contributed by atoms with Crippen LogP contribution in [0.1, 0.15) is 26.3 Å². The molecule has 0 aliphatic rings. The van der Waals surface area contributed by atoms with Gasteiger partial charge in [-0.25, -0.2) is 4.98 Å². The zero-order valence-electron chi connectivity index (χ0n) is 16.2. The fraction of sp³-hybridized carbons (Fsp3) is 0.160. The lowest BCUT2D eigenvalue weighted by Crippen LogP contribution is -2.10. The summed E-state index contributed by atoms with van der Waals surface area (Å²) < 4.78 is 6.21. The Morgan fingerprint density at radius 2 is 1.54 bits per heavy atom. The van der Waals surface area contributed by atoms with Crippen molar-refractivity contribution < 1.29 is 4.74 Å². The summed E-state index contributed by atoms with van der Waals surface area (Å²) in [6, 6.07) is 26.1. The standard InChI is InChI=1S/C25H22ClNO/c1-25(2,3)19-9-12-21(13-10-19)28-24-22-14-11-20(26)15-18(22)16-23(27-24)17-7-5-4-6-8-17/h4-16H,1-3H3. The molecule has 1 aromatic heterocycles. The summed E-state index contributed by atoms with van der Waals surface area (Å²) in [5.41, 5.74) is 3.27. The number of pyridine rings is 1. The Kier molecular flexibility index (Phi) is 4.82. The highest BCUT2D eigenvalue weighted by Gasteiger charge is 2.14. The summed E-state index contributed by atoms with van der Waals surface area (Å²) in [6.45, 7) is 6.60. The van der Waals surface area contributed by atoms with E-state index in [9.17, 15) is 0 Å². The summed E-state index contributed by atoms with van der Waals surface area (Å²) in [5, 5.41) is 2.63. The van der Waals surface area contributed by atoms with E-state index in [1.54, 1.807) is 0 Å². The molecule has 0 N–H and O–H groups in total. The first kappa shape index (κ1) is 18.5. The minimum atomic E-state index is 0.105. The largest absolute Gasteiger partial charge is 0.438 e. The number of fused-ring (bicyclic) bond motifs is 1. The monoisotopic (exact) mass is 387 g/mol. The second-order valence-corrected chi connectivity index (χ2v) is 8.36. The molecule has 0 bridgehead atoms. The normalized spacial score (nSPS) is 11.6. The van der Waals surface area contributed by atoms with Gasteiger partial charge in [0.15, 0.2) is 0 Å². The molecule has 0 aliphatic carbocycles. The first-order valence-electron chi connectivity index (χ1n) is 9.34. The van der Waals surface area contributed by atoms with E-state index in [2.05, 4.69) is 32.9 Å². The maximum atomic E-state index is 6.23. The number of ether oxygens (including phenoxy) is 1. The van der Waals surface area contributed by atoms with E-state index in [4.69, 9.17) is 21.3 Å². The van der Waals surface area contributed by atoms with Crippen molar-refractivity contribution in [3.8, 4) is 22.9 Å². The second-order valence-electron chi connectivity index (χ2n) is 7.92. The number of hydrogen-bond acceptors (Lipinski definition) is 2. The highest BCUT2D eigenvalue weighted by atomic mass is 35.5. The Labute approximate surface area is 170 Å². The molecule has 0 aliphatic heterocycles. The van der Waals surface area contributed by atoms with Crippen LogP contribution in [0.2, 0.25) is 5.02 Å². The molecule has 3 aromatic carbocycles. The lowest BCUT2D eigenvalue weighted by molar-refractivity contribution is 0.469. The molecule has 4 rings (SSSR count). The van der Waals surface area contributed by atoms with Gasteiger partial charge in [-0.05, 0) is 52.8 Å². The predicted octanol–water partition coefficient (Wildman–Crippen LogP) is 7.65. The fourth-order valence-corrected chi connectivity index (χ4v) is 3.35. The van der Waals surface area contributed by atoms with Gasteiger partial charge in [-0.2, -0.15) is 0 Å². The van der Waals surface area contributed by atoms with Crippen LogP contribution >= 0.6 is 11.6 Å². The SMILES string of the molecule is CC(C)(C)c1ccc(Oc2nc(-c3ccccc3)cc3cc(Cl)ccc23)cc1. The third kappa shape index (κ3) is 3.88. The van der Waals surface area contributed by atoms with Crippen LogP contribution in [0.25, 0.3) is 22.0 Å². The molecule has 4 aromatic rings. The molecule has 28 heavy (non-hydrogen) atoms. The smallest absolute Gasteiger partial charge is 0.227 e. The summed E-state index contributed by atoms with van der Waals surface area (Å²) in [4.78, 5) is 4.80. The Morgan fingerprint density at radius 3 is 2.21 bits per heavy atom. The van der Waals surface area contributed by atoms with Crippen LogP contribution in [0.3, 0.4) is 0 Å². The Hall–Kier alpha value is -2.84. The first-order valence-corrected chi connectivity index (χ1v) is 9.72. The summed E-state index contributed by atoms with van der Waals surface area (Å²) in [5.74, 6) is 1.35. The van der Waals surface area contributed by atoms with Crippen molar-refractivity contribution in [3.63, 3.8) is 0 Å². The van der Waals surface area contributed by atoms with Gasteiger partial charge in [-0.1, -0.05) is 74.8 Å². The topological polar surface area (TPSA) is 22.1 Å². The highest BCUT2D eigenvalue weighted by Crippen LogP contribution is 2.34. The van der Waals surface area contributed by atoms with Gasteiger partial charge in [-0.3, -0.25) is 0 Å². The van der Waals surface area contributed by atoms with Gasteiger partial charge < -0.3 is 4.74 Å². The van der Waals surface area contributed by atoms with Crippen LogP contribution in [0.4, 0.5) is 0 Å². The van der Waals surface area contributed by atoms with Gasteiger partial charge in [-0.15, -0.1) is 0 Å². The van der Waals surface area contributed by atoms with Crippen molar-refractivity contribution in [2.75, 3.05) is 0 Å². The number of nitrogens with zero attached hydrogens (tertiary/aromatic N) is 1. The van der Waals surface area contributed by atoms with Gasteiger partial charge >= 0.3 is 0 Å². The molecule has 0 amide bonds. The number of halogens is 1. The second kappa shape index (κ2) is 7.29. The molecule has 2 nitrogen and oxygen atoms in total. The molecular formula is C25H22ClNO. The quantitative estimate of drug-likeness (QED) is 0.360. The molecule has 0 unspecified atom stereocenters. The zero-order chi connectivity index (χ0) is 19.7. The molecule has 3 heteroatoms. The molecule has 0 saturated carbocycles. The summed E-state index contributed by atoms with van der Waals surface area (Å²) in [7, 11) is 0. The minimum Gasteiger partial charge on any atom is -0.438 e. The molecule has 140 valence electrons. The number of benzene rings is 3. The van der Waals surface area contributed by atoms with Crippen LogP contribution in [0.5, 0.6) is 11.6 Å². The van der Waals surface area contributed by atoms with Crippen LogP contribution in [0, 0.1) is 0 Å². The van der Waals surface area contributed by atoms with Crippen molar-refractivity contribution in [2.24, 2.45) is 0 Å². The molecule has 0 fully saturated rings. The van der Waals surface area contributed by atoms with Gasteiger partial charge in [0.1, 0.15) is 5.75 Å². The van der Waals surface area contributed by atoms with Crippen LogP contribution in [-0.2, 0) is 5.41 Å². The van der Waals surface area contributed by atoms with E-state index in [-0.39, 0.29) is 5.41 Å². The Balaban J connectivity index is 1.79. The Bertz CT molecular complexity index is 1110. The van der Waals surface area contributed by atoms with E-state index in [1.807, 2.05) is 66.7 Å². The van der Waals surface area contributed by atoms with Crippen molar-refractivity contribution in [3.05, 3.63) is 89.4 Å². The summed E-state index contributed by atoms with van der Waals surface area (Å²) in [6.07, 6.45) is 0. The van der Waals surface area contributed by atoms with Gasteiger partial charge in [0.05, 0.1) is 5.69 Å². The van der Waals surface area contributed by atoms with E-state index in [0.29, 0.717) is 10.9 Å². The molecule has 0 atom stereocenters. The Morgan fingerprint density at radius 1 is 0.821 bits per heavy atom. The van der Waals surface area contributed by atoms with Crippen LogP contribution in [0.15, 0.2) is 78.9 Å². The van der Waals surface area contributed by atoms with Gasteiger partial charge in [0, 0.05) is 16.0 Å².